The zero-order valence-corrected chi connectivity index (χ0v) is 32.0. The molecule has 0 aromatic heterocycles. The van der Waals surface area contributed by atoms with Crippen molar-refractivity contribution in [3.05, 3.63) is 84.0 Å². The van der Waals surface area contributed by atoms with E-state index in [1.165, 1.54) is 18.9 Å². The molecule has 9 heteroatoms. The average Bonchev–Trinajstić information content (AvgIpc) is 3.75. The Labute approximate surface area is 307 Å². The fourth-order valence-electron chi connectivity index (χ4n) is 9.00. The molecule has 1 N–H and O–H groups in total. The Kier molecular flexibility index (Phi) is 11.7. The molecule has 4 aliphatic rings. The number of hydrogen-bond acceptors (Lipinski definition) is 8. The Morgan fingerprint density at radius 2 is 1.12 bits per heavy atom. The quantitative estimate of drug-likeness (QED) is 0.130. The molecule has 0 saturated heterocycles. The molecule has 0 amide bonds. The zero-order chi connectivity index (χ0) is 38.1. The number of ether oxygens (including phenoxy) is 3. The van der Waals surface area contributed by atoms with Crippen molar-refractivity contribution in [2.75, 3.05) is 0 Å². The van der Waals surface area contributed by atoms with Crippen LogP contribution in [0.3, 0.4) is 0 Å². The molecule has 0 radical (unpaired) electrons. The van der Waals surface area contributed by atoms with Crippen LogP contribution in [0, 0.1) is 33.5 Å². The zero-order valence-electron chi connectivity index (χ0n) is 31.3. The number of rotatable bonds is 7. The second kappa shape index (κ2) is 15.0. The number of phenolic OH excluding ortho intramolecular Hbond substituents is 1. The van der Waals surface area contributed by atoms with E-state index in [1.807, 2.05) is 0 Å². The number of esters is 3. The molecule has 2 aromatic carbocycles. The van der Waals surface area contributed by atoms with Gasteiger partial charge >= 0.3 is 17.9 Å². The molecule has 4 saturated carbocycles. The molecule has 0 aliphatic heterocycles. The van der Waals surface area contributed by atoms with E-state index in [0.717, 1.165) is 25.7 Å². The molecule has 4 fully saturated rings. The summed E-state index contributed by atoms with van der Waals surface area (Å²) in [5.74, 6) is 0.0380. The van der Waals surface area contributed by atoms with Gasteiger partial charge in [0.2, 0.25) is 5.24 Å². The van der Waals surface area contributed by atoms with E-state index in [1.54, 1.807) is 56.3 Å². The lowest BCUT2D eigenvalue weighted by Gasteiger charge is -2.41. The summed E-state index contributed by atoms with van der Waals surface area (Å²) in [6.45, 7) is 23.2. The van der Waals surface area contributed by atoms with Gasteiger partial charge in [0.1, 0.15) is 34.8 Å². The lowest BCUT2D eigenvalue weighted by molar-refractivity contribution is -0.130. The van der Waals surface area contributed by atoms with E-state index in [9.17, 15) is 24.3 Å². The second-order valence-electron chi connectivity index (χ2n) is 16.6. The standard InChI is InChI=1S/C21H26O4.C17H22O3.C4H5ClO/c1-13(2)17(22)24-16-9-7-6-8-15(16)18(23)25-19-20(3,4)14-10-11-21(19,5)12-14;1-16(2)11-8-9-17(3,10-11)15(16)20-14(19)12-6-4-5-7-13(12)18;1-3(2)4(5)6/h6-9,14,19H,1,10-12H2,2-5H3;4-7,11,15,18H,8-10H2,1-3H3;1H2,2H3. The monoisotopic (exact) mass is 720 g/mol. The molecular weight excluding hydrogens is 668 g/mol. The molecule has 276 valence electrons. The number of benzene rings is 2. The molecular formula is C42H53ClO8. The number of halogens is 1. The number of para-hydroxylation sites is 2. The first-order valence-electron chi connectivity index (χ1n) is 17.7. The molecule has 2 aromatic rings. The third-order valence-corrected chi connectivity index (χ3v) is 12.2. The van der Waals surface area contributed by atoms with Crippen molar-refractivity contribution in [2.24, 2.45) is 33.5 Å². The predicted molar refractivity (Wildman–Crippen MR) is 198 cm³/mol. The van der Waals surface area contributed by atoms with E-state index in [0.29, 0.717) is 17.4 Å². The van der Waals surface area contributed by atoms with Gasteiger partial charge in [-0.15, -0.1) is 0 Å². The van der Waals surface area contributed by atoms with Gasteiger partial charge in [-0.1, -0.05) is 79.0 Å². The highest BCUT2D eigenvalue weighted by Gasteiger charge is 2.62. The Morgan fingerprint density at radius 1 is 0.706 bits per heavy atom. The fourth-order valence-corrected chi connectivity index (χ4v) is 9.00. The van der Waals surface area contributed by atoms with Crippen LogP contribution >= 0.6 is 11.6 Å². The van der Waals surface area contributed by atoms with Gasteiger partial charge in [-0.05, 0) is 100 Å². The summed E-state index contributed by atoms with van der Waals surface area (Å²) in [7, 11) is 0. The van der Waals surface area contributed by atoms with Gasteiger partial charge < -0.3 is 19.3 Å². The Morgan fingerprint density at radius 3 is 1.51 bits per heavy atom. The average molecular weight is 721 g/mol. The molecule has 4 bridgehead atoms. The van der Waals surface area contributed by atoms with Crippen LogP contribution in [0.4, 0.5) is 0 Å². The van der Waals surface area contributed by atoms with E-state index in [4.69, 9.17) is 25.8 Å². The maximum Gasteiger partial charge on any atom is 0.342 e. The lowest BCUT2D eigenvalue weighted by Crippen LogP contribution is -2.43. The van der Waals surface area contributed by atoms with Crippen molar-refractivity contribution in [2.45, 2.75) is 106 Å². The predicted octanol–water partition coefficient (Wildman–Crippen LogP) is 9.63. The second-order valence-corrected chi connectivity index (χ2v) is 17.0. The summed E-state index contributed by atoms with van der Waals surface area (Å²) in [5.41, 5.74) is 1.32. The summed E-state index contributed by atoms with van der Waals surface area (Å²) in [5, 5.41) is 9.32. The topological polar surface area (TPSA) is 116 Å². The number of fused-ring (bicyclic) bond motifs is 4. The third kappa shape index (κ3) is 8.27. The van der Waals surface area contributed by atoms with Gasteiger partial charge in [-0.3, -0.25) is 4.79 Å². The maximum absolute atomic E-state index is 12.8. The Balaban J connectivity index is 0.000000201. The van der Waals surface area contributed by atoms with Gasteiger partial charge in [-0.25, -0.2) is 14.4 Å². The molecule has 51 heavy (non-hydrogen) atoms. The minimum atomic E-state index is -0.549. The first kappa shape index (κ1) is 39.9. The number of carbonyl (C=O) groups excluding carboxylic acids is 4. The number of aromatic hydroxyl groups is 1. The van der Waals surface area contributed by atoms with Crippen molar-refractivity contribution in [3.63, 3.8) is 0 Å². The normalized spacial score (nSPS) is 28.6. The SMILES string of the molecule is C=C(C)C(=O)Cl.C=C(C)C(=O)Oc1ccccc1C(=O)OC1C2(C)CCC(C2)C1(C)C.CC12CCC(C1)C(C)(C)C2OC(=O)c1ccccc1O. The third-order valence-electron chi connectivity index (χ3n) is 11.8. The summed E-state index contributed by atoms with van der Waals surface area (Å²) >= 11 is 4.87. The minimum absolute atomic E-state index is 0.0105. The number of carbonyl (C=O) groups is 4. The van der Waals surface area contributed by atoms with E-state index < -0.39 is 23.2 Å². The summed E-state index contributed by atoms with van der Waals surface area (Å²) < 4.78 is 17.1. The van der Waals surface area contributed by atoms with Gasteiger partial charge in [0.15, 0.2) is 0 Å². The fraction of sp³-hybridized carbons (Fsp3) is 0.524. The molecule has 6 unspecified atom stereocenters. The molecule has 8 nitrogen and oxygen atoms in total. The lowest BCUT2D eigenvalue weighted by atomic mass is 9.70. The van der Waals surface area contributed by atoms with Gasteiger partial charge in [-0.2, -0.15) is 0 Å². The van der Waals surface area contributed by atoms with E-state index in [-0.39, 0.29) is 62.1 Å². The van der Waals surface area contributed by atoms with E-state index in [2.05, 4.69) is 54.7 Å². The van der Waals surface area contributed by atoms with Crippen molar-refractivity contribution in [1.82, 2.24) is 0 Å². The van der Waals surface area contributed by atoms with Crippen molar-refractivity contribution < 1.29 is 38.5 Å². The molecule has 6 rings (SSSR count). The largest absolute Gasteiger partial charge is 0.507 e. The van der Waals surface area contributed by atoms with Crippen LogP contribution in [-0.4, -0.2) is 40.5 Å². The van der Waals surface area contributed by atoms with Crippen LogP contribution in [0.25, 0.3) is 0 Å². The Hall–Kier alpha value is -3.91. The highest BCUT2D eigenvalue weighted by Crippen LogP contribution is 2.64. The molecule has 0 heterocycles. The van der Waals surface area contributed by atoms with Crippen molar-refractivity contribution in [3.8, 4) is 11.5 Å². The van der Waals surface area contributed by atoms with Crippen LogP contribution in [0.5, 0.6) is 11.5 Å². The number of allylic oxidation sites excluding steroid dienone is 1. The van der Waals surface area contributed by atoms with Crippen LogP contribution < -0.4 is 4.74 Å². The maximum atomic E-state index is 12.8. The van der Waals surface area contributed by atoms with Gasteiger partial charge in [0.25, 0.3) is 0 Å². The smallest absolute Gasteiger partial charge is 0.342 e. The summed E-state index contributed by atoms with van der Waals surface area (Å²) in [4.78, 5) is 46.8. The van der Waals surface area contributed by atoms with Crippen LogP contribution in [0.15, 0.2) is 72.8 Å². The van der Waals surface area contributed by atoms with Crippen LogP contribution in [0.1, 0.15) is 115 Å². The van der Waals surface area contributed by atoms with E-state index >= 15 is 0 Å². The molecule has 0 spiro atoms. The van der Waals surface area contributed by atoms with Gasteiger partial charge in [0, 0.05) is 32.8 Å². The highest BCUT2D eigenvalue weighted by molar-refractivity contribution is 6.67. The molecule has 4 aliphatic carbocycles. The first-order valence-corrected chi connectivity index (χ1v) is 18.0. The first-order chi connectivity index (χ1) is 23.6. The number of phenols is 1. The van der Waals surface area contributed by atoms with Crippen molar-refractivity contribution >= 4 is 34.8 Å². The highest BCUT2D eigenvalue weighted by atomic mass is 35.5. The summed E-state index contributed by atoms with van der Waals surface area (Å²) in [6, 6.07) is 13.3. The van der Waals surface area contributed by atoms with Crippen LogP contribution in [0.2, 0.25) is 0 Å². The van der Waals surface area contributed by atoms with Crippen molar-refractivity contribution in [1.29, 1.82) is 0 Å². The van der Waals surface area contributed by atoms with Crippen LogP contribution in [-0.2, 0) is 19.1 Å². The summed E-state index contributed by atoms with van der Waals surface area (Å²) in [6.07, 6.45) is 6.68. The number of hydrogen-bond donors (Lipinski definition) is 1. The minimum Gasteiger partial charge on any atom is -0.507 e. The van der Waals surface area contributed by atoms with Gasteiger partial charge in [0.05, 0.1) is 0 Å². The molecule has 6 atom stereocenters. The Bertz CT molecular complexity index is 1690.